The number of carbonyl (C=O) groups is 1. The Labute approximate surface area is 184 Å². The number of nitrogens with zero attached hydrogens (tertiary/aromatic N) is 2. The van der Waals surface area contributed by atoms with Crippen LogP contribution < -0.4 is 10.1 Å². The summed E-state index contributed by atoms with van der Waals surface area (Å²) >= 11 is 3.43. The van der Waals surface area contributed by atoms with E-state index in [4.69, 9.17) is 4.74 Å². The largest absolute Gasteiger partial charge is 0.489 e. The normalized spacial score (nSPS) is 11.1. The van der Waals surface area contributed by atoms with Gasteiger partial charge in [0.2, 0.25) is 0 Å². The van der Waals surface area contributed by atoms with Crippen molar-refractivity contribution in [2.75, 3.05) is 7.05 Å². The number of aromatic nitrogens is 1. The van der Waals surface area contributed by atoms with Crippen molar-refractivity contribution < 1.29 is 9.53 Å². The van der Waals surface area contributed by atoms with Gasteiger partial charge in [0, 0.05) is 28.6 Å². The Morgan fingerprint density at radius 1 is 1.17 bits per heavy atom. The second kappa shape index (κ2) is 9.47. The molecule has 1 N–H and O–H groups in total. The van der Waals surface area contributed by atoms with Crippen LogP contribution in [0.25, 0.3) is 11.8 Å². The summed E-state index contributed by atoms with van der Waals surface area (Å²) in [5.41, 5.74) is 4.96. The fourth-order valence-corrected chi connectivity index (χ4v) is 3.47. The molecule has 30 heavy (non-hydrogen) atoms. The topological polar surface area (TPSA) is 67.0 Å². The summed E-state index contributed by atoms with van der Waals surface area (Å²) < 4.78 is 9.01. The molecular weight excluding hydrogens is 442 g/mol. The number of benzene rings is 2. The fraction of sp³-hybridized carbons (Fsp3) is 0.167. The highest BCUT2D eigenvalue weighted by molar-refractivity contribution is 9.10. The molecule has 152 valence electrons. The zero-order chi connectivity index (χ0) is 21.7. The molecule has 0 atom stereocenters. The number of rotatable bonds is 6. The van der Waals surface area contributed by atoms with Crippen molar-refractivity contribution in [3.8, 4) is 17.5 Å². The highest BCUT2D eigenvalue weighted by Crippen LogP contribution is 2.25. The summed E-state index contributed by atoms with van der Waals surface area (Å²) in [5, 5.41) is 11.7. The summed E-state index contributed by atoms with van der Waals surface area (Å²) in [6.45, 7) is 4.46. The third-order valence-electron chi connectivity index (χ3n) is 4.78. The second-order valence-corrected chi connectivity index (χ2v) is 7.74. The van der Waals surface area contributed by atoms with Gasteiger partial charge < -0.3 is 14.6 Å². The van der Waals surface area contributed by atoms with Gasteiger partial charge >= 0.3 is 0 Å². The Bertz CT molecular complexity index is 1120. The number of aryl methyl sites for hydroxylation is 1. The first-order chi connectivity index (χ1) is 14.4. The molecule has 3 rings (SSSR count). The van der Waals surface area contributed by atoms with Crippen molar-refractivity contribution in [2.24, 2.45) is 0 Å². The number of nitrogens with one attached hydrogen (secondary N) is 1. The molecule has 6 heteroatoms. The van der Waals surface area contributed by atoms with E-state index < -0.39 is 5.91 Å². The van der Waals surface area contributed by atoms with E-state index >= 15 is 0 Å². The highest BCUT2D eigenvalue weighted by Gasteiger charge is 2.13. The number of nitriles is 1. The summed E-state index contributed by atoms with van der Waals surface area (Å²) in [6.07, 6.45) is 1.62. The van der Waals surface area contributed by atoms with Crippen LogP contribution in [0, 0.1) is 25.2 Å². The van der Waals surface area contributed by atoms with E-state index in [0.717, 1.165) is 38.4 Å². The van der Waals surface area contributed by atoms with E-state index in [-0.39, 0.29) is 5.57 Å². The van der Waals surface area contributed by atoms with E-state index in [1.54, 1.807) is 6.08 Å². The minimum Gasteiger partial charge on any atom is -0.489 e. The monoisotopic (exact) mass is 463 g/mol. The number of carbonyl (C=O) groups excluding carboxylic acids is 1. The van der Waals surface area contributed by atoms with Gasteiger partial charge in [0.15, 0.2) is 0 Å². The molecule has 1 aromatic heterocycles. The van der Waals surface area contributed by atoms with Crippen molar-refractivity contribution >= 4 is 27.9 Å². The molecule has 0 aliphatic carbocycles. The molecule has 0 saturated heterocycles. The van der Waals surface area contributed by atoms with Crippen LogP contribution in [-0.4, -0.2) is 17.5 Å². The molecular formula is C24H22BrN3O2. The van der Waals surface area contributed by atoms with Crippen LogP contribution in [0.1, 0.15) is 22.5 Å². The first-order valence-electron chi connectivity index (χ1n) is 9.43. The summed E-state index contributed by atoms with van der Waals surface area (Å²) in [7, 11) is 1.51. The molecule has 0 spiro atoms. The smallest absolute Gasteiger partial charge is 0.261 e. The SMILES string of the molecule is CNC(=O)/C(C#N)=C\c1cc(C)n(-c2ccc(OCc3ccc(Br)cc3)cc2)c1C. The van der Waals surface area contributed by atoms with Gasteiger partial charge in [0.1, 0.15) is 24.0 Å². The number of likely N-dealkylation sites (N-methyl/N-ethyl adjacent to an activating group) is 1. The molecule has 3 aromatic rings. The molecule has 0 bridgehead atoms. The van der Waals surface area contributed by atoms with E-state index in [2.05, 4.69) is 25.8 Å². The number of halogens is 1. The lowest BCUT2D eigenvalue weighted by Crippen LogP contribution is -2.19. The summed E-state index contributed by atoms with van der Waals surface area (Å²) in [4.78, 5) is 11.8. The van der Waals surface area contributed by atoms with Gasteiger partial charge in [-0.25, -0.2) is 0 Å². The molecule has 0 fully saturated rings. The molecule has 0 radical (unpaired) electrons. The Hall–Kier alpha value is -3.30. The van der Waals surface area contributed by atoms with Crippen LogP contribution in [0.15, 0.2) is 64.6 Å². The molecule has 1 amide bonds. The second-order valence-electron chi connectivity index (χ2n) is 6.82. The average Bonchev–Trinajstić information content (AvgIpc) is 3.04. The van der Waals surface area contributed by atoms with E-state index in [9.17, 15) is 10.1 Å². The minimum absolute atomic E-state index is 0.0782. The molecule has 0 saturated carbocycles. The van der Waals surface area contributed by atoms with Crippen molar-refractivity contribution in [1.29, 1.82) is 5.26 Å². The number of amides is 1. The van der Waals surface area contributed by atoms with Crippen LogP contribution in [0.3, 0.4) is 0 Å². The quantitative estimate of drug-likeness (QED) is 0.408. The lowest BCUT2D eigenvalue weighted by Gasteiger charge is -2.12. The predicted octanol–water partition coefficient (Wildman–Crippen LogP) is 5.09. The van der Waals surface area contributed by atoms with E-state index in [0.29, 0.717) is 6.61 Å². The zero-order valence-electron chi connectivity index (χ0n) is 17.1. The summed E-state index contributed by atoms with van der Waals surface area (Å²) in [6, 6.07) is 19.8. The van der Waals surface area contributed by atoms with Crippen molar-refractivity contribution in [3.63, 3.8) is 0 Å². The molecule has 0 aliphatic rings. The van der Waals surface area contributed by atoms with Gasteiger partial charge in [-0.1, -0.05) is 28.1 Å². The molecule has 2 aromatic carbocycles. The lowest BCUT2D eigenvalue weighted by molar-refractivity contribution is -0.116. The number of ether oxygens (including phenoxy) is 1. The van der Waals surface area contributed by atoms with Crippen LogP contribution in [0.5, 0.6) is 5.75 Å². The maximum Gasteiger partial charge on any atom is 0.261 e. The Balaban J connectivity index is 1.80. The Kier molecular flexibility index (Phi) is 6.76. The van der Waals surface area contributed by atoms with Crippen LogP contribution in [-0.2, 0) is 11.4 Å². The lowest BCUT2D eigenvalue weighted by atomic mass is 10.1. The first kappa shape index (κ1) is 21.4. The van der Waals surface area contributed by atoms with Gasteiger partial charge in [-0.05, 0) is 73.5 Å². The van der Waals surface area contributed by atoms with Gasteiger partial charge in [-0.2, -0.15) is 5.26 Å². The maximum atomic E-state index is 11.8. The number of hydrogen-bond donors (Lipinski definition) is 1. The third kappa shape index (κ3) is 4.81. The number of hydrogen-bond acceptors (Lipinski definition) is 3. The van der Waals surface area contributed by atoms with Crippen molar-refractivity contribution in [1.82, 2.24) is 9.88 Å². The fourth-order valence-electron chi connectivity index (χ4n) is 3.21. The van der Waals surface area contributed by atoms with Crippen LogP contribution in [0.4, 0.5) is 0 Å². The minimum atomic E-state index is -0.394. The van der Waals surface area contributed by atoms with E-state index in [1.165, 1.54) is 7.05 Å². The maximum absolute atomic E-state index is 11.8. The van der Waals surface area contributed by atoms with Crippen molar-refractivity contribution in [3.05, 3.63) is 87.2 Å². The zero-order valence-corrected chi connectivity index (χ0v) is 18.7. The van der Waals surface area contributed by atoms with Gasteiger partial charge in [-0.3, -0.25) is 4.79 Å². The van der Waals surface area contributed by atoms with Crippen LogP contribution >= 0.6 is 15.9 Å². The van der Waals surface area contributed by atoms with Gasteiger partial charge in [-0.15, -0.1) is 0 Å². The van der Waals surface area contributed by atoms with E-state index in [1.807, 2.05) is 74.5 Å². The Morgan fingerprint density at radius 2 is 1.83 bits per heavy atom. The standard InChI is InChI=1S/C24H22BrN3O2/c1-16-12-19(13-20(14-26)24(29)27-3)17(2)28(16)22-8-10-23(11-9-22)30-15-18-4-6-21(25)7-5-18/h4-13H,15H2,1-3H3,(H,27,29)/b20-13-. The molecule has 0 unspecified atom stereocenters. The van der Waals surface area contributed by atoms with Crippen molar-refractivity contribution in [2.45, 2.75) is 20.5 Å². The predicted molar refractivity (Wildman–Crippen MR) is 121 cm³/mol. The highest BCUT2D eigenvalue weighted by atomic mass is 79.9. The van der Waals surface area contributed by atoms with Crippen LogP contribution in [0.2, 0.25) is 0 Å². The molecule has 5 nitrogen and oxygen atoms in total. The first-order valence-corrected chi connectivity index (χ1v) is 10.2. The van der Waals surface area contributed by atoms with Gasteiger partial charge in [0.25, 0.3) is 5.91 Å². The molecule has 0 aliphatic heterocycles. The average molecular weight is 464 g/mol. The Morgan fingerprint density at radius 3 is 2.43 bits per heavy atom. The van der Waals surface area contributed by atoms with Gasteiger partial charge in [0.05, 0.1) is 0 Å². The molecule has 1 heterocycles. The summed E-state index contributed by atoms with van der Waals surface area (Å²) in [5.74, 6) is 0.394. The third-order valence-corrected chi connectivity index (χ3v) is 5.30.